The molecule has 2 rings (SSSR count). The fourth-order valence-corrected chi connectivity index (χ4v) is 3.26. The van der Waals surface area contributed by atoms with Crippen LogP contribution in [-0.4, -0.2) is 15.0 Å². The van der Waals surface area contributed by atoms with Crippen molar-refractivity contribution in [2.75, 3.05) is 11.9 Å². The Hall–Kier alpha value is -1.56. The molecule has 0 aromatic heterocycles. The van der Waals surface area contributed by atoms with Crippen LogP contribution in [0.1, 0.15) is 12.5 Å². The van der Waals surface area contributed by atoms with Crippen molar-refractivity contribution < 1.29 is 8.42 Å². The van der Waals surface area contributed by atoms with E-state index in [0.29, 0.717) is 23.8 Å². The second kappa shape index (κ2) is 6.93. The average molecular weight is 325 g/mol. The molecule has 112 valence electrons. The number of hydrogen-bond donors (Lipinski definition) is 2. The van der Waals surface area contributed by atoms with Crippen LogP contribution in [0.5, 0.6) is 0 Å². The lowest BCUT2D eigenvalue weighted by Crippen LogP contribution is -2.24. The van der Waals surface area contributed by atoms with E-state index in [1.54, 1.807) is 43.3 Å². The van der Waals surface area contributed by atoms with Gasteiger partial charge in [-0.2, -0.15) is 0 Å². The summed E-state index contributed by atoms with van der Waals surface area (Å²) in [5.41, 5.74) is 1.60. The molecule has 0 radical (unpaired) electrons. The van der Waals surface area contributed by atoms with E-state index in [0.717, 1.165) is 5.56 Å². The van der Waals surface area contributed by atoms with Crippen molar-refractivity contribution in [2.24, 2.45) is 0 Å². The molecule has 2 N–H and O–H groups in total. The monoisotopic (exact) mass is 324 g/mol. The second-order valence-electron chi connectivity index (χ2n) is 4.48. The number of para-hydroxylation sites is 1. The summed E-state index contributed by atoms with van der Waals surface area (Å²) < 4.78 is 26.8. The van der Waals surface area contributed by atoms with Gasteiger partial charge in [-0.1, -0.05) is 42.8 Å². The van der Waals surface area contributed by atoms with Gasteiger partial charge in [0.25, 0.3) is 0 Å². The highest BCUT2D eigenvalue weighted by molar-refractivity contribution is 7.89. The van der Waals surface area contributed by atoms with Gasteiger partial charge in [-0.05, 0) is 29.8 Å². The standard InChI is InChI=1S/C15H17ClN2O2S/c1-2-18-21(19,20)15-6-4-3-5-14(15)17-11-12-7-9-13(16)10-8-12/h3-10,17-18H,2,11H2,1H3. The van der Waals surface area contributed by atoms with E-state index in [1.807, 2.05) is 12.1 Å². The van der Waals surface area contributed by atoms with E-state index in [4.69, 9.17) is 11.6 Å². The molecule has 2 aromatic rings. The van der Waals surface area contributed by atoms with Crippen LogP contribution in [-0.2, 0) is 16.6 Å². The first-order valence-corrected chi connectivity index (χ1v) is 8.46. The number of rotatable bonds is 6. The van der Waals surface area contributed by atoms with Gasteiger partial charge < -0.3 is 5.32 Å². The van der Waals surface area contributed by atoms with E-state index in [1.165, 1.54) is 0 Å². The molecule has 0 fully saturated rings. The first kappa shape index (κ1) is 15.8. The summed E-state index contributed by atoms with van der Waals surface area (Å²) in [6.07, 6.45) is 0. The summed E-state index contributed by atoms with van der Waals surface area (Å²) in [5, 5.41) is 3.83. The zero-order valence-corrected chi connectivity index (χ0v) is 13.2. The third kappa shape index (κ3) is 4.20. The minimum absolute atomic E-state index is 0.251. The molecule has 0 spiro atoms. The maximum atomic E-state index is 12.1. The van der Waals surface area contributed by atoms with E-state index in [2.05, 4.69) is 10.0 Å². The van der Waals surface area contributed by atoms with Crippen molar-refractivity contribution in [2.45, 2.75) is 18.4 Å². The van der Waals surface area contributed by atoms with Crippen LogP contribution >= 0.6 is 11.6 Å². The number of halogens is 1. The summed E-state index contributed by atoms with van der Waals surface area (Å²) >= 11 is 5.84. The Bertz CT molecular complexity index is 700. The number of anilines is 1. The van der Waals surface area contributed by atoms with Crippen LogP contribution in [0.3, 0.4) is 0 Å². The molecule has 0 atom stereocenters. The van der Waals surface area contributed by atoms with Crippen LogP contribution in [0.4, 0.5) is 5.69 Å². The van der Waals surface area contributed by atoms with Gasteiger partial charge in [0.2, 0.25) is 10.0 Å². The number of hydrogen-bond acceptors (Lipinski definition) is 3. The lowest BCUT2D eigenvalue weighted by Gasteiger charge is -2.12. The quantitative estimate of drug-likeness (QED) is 0.857. The van der Waals surface area contributed by atoms with Gasteiger partial charge in [0.15, 0.2) is 0 Å². The Morgan fingerprint density at radius 2 is 1.71 bits per heavy atom. The molecule has 0 bridgehead atoms. The summed E-state index contributed by atoms with van der Waals surface area (Å²) in [6.45, 7) is 2.63. The molecule has 4 nitrogen and oxygen atoms in total. The molecular weight excluding hydrogens is 308 g/mol. The van der Waals surface area contributed by atoms with Gasteiger partial charge in [-0.25, -0.2) is 13.1 Å². The van der Waals surface area contributed by atoms with Crippen molar-refractivity contribution >= 4 is 27.3 Å². The smallest absolute Gasteiger partial charge is 0.242 e. The van der Waals surface area contributed by atoms with Crippen molar-refractivity contribution in [3.8, 4) is 0 Å². The van der Waals surface area contributed by atoms with Crippen LogP contribution in [0, 0.1) is 0 Å². The molecule has 21 heavy (non-hydrogen) atoms. The SMILES string of the molecule is CCNS(=O)(=O)c1ccccc1NCc1ccc(Cl)cc1. The predicted molar refractivity (Wildman–Crippen MR) is 86.1 cm³/mol. The Morgan fingerprint density at radius 1 is 1.05 bits per heavy atom. The van der Waals surface area contributed by atoms with Gasteiger partial charge in [0, 0.05) is 18.1 Å². The van der Waals surface area contributed by atoms with Gasteiger partial charge in [0.1, 0.15) is 4.90 Å². The Labute approximate surface area is 130 Å². The molecule has 0 heterocycles. The lowest BCUT2D eigenvalue weighted by molar-refractivity contribution is 0.584. The topological polar surface area (TPSA) is 58.2 Å². The van der Waals surface area contributed by atoms with E-state index in [9.17, 15) is 8.42 Å². The van der Waals surface area contributed by atoms with Gasteiger partial charge in [0.05, 0.1) is 5.69 Å². The Kier molecular flexibility index (Phi) is 5.22. The number of benzene rings is 2. The average Bonchev–Trinajstić information content (AvgIpc) is 2.47. The lowest BCUT2D eigenvalue weighted by atomic mass is 10.2. The Balaban J connectivity index is 2.19. The molecule has 0 aliphatic heterocycles. The van der Waals surface area contributed by atoms with E-state index in [-0.39, 0.29) is 4.90 Å². The molecule has 0 aliphatic carbocycles. The molecule has 0 unspecified atom stereocenters. The van der Waals surface area contributed by atoms with Gasteiger partial charge >= 0.3 is 0 Å². The first-order chi connectivity index (χ1) is 10.0. The number of sulfonamides is 1. The molecule has 2 aromatic carbocycles. The molecular formula is C15H17ClN2O2S. The highest BCUT2D eigenvalue weighted by Crippen LogP contribution is 2.21. The molecule has 0 aliphatic rings. The van der Waals surface area contributed by atoms with Crippen molar-refractivity contribution in [1.29, 1.82) is 0 Å². The zero-order valence-electron chi connectivity index (χ0n) is 11.6. The number of nitrogens with one attached hydrogen (secondary N) is 2. The van der Waals surface area contributed by atoms with Crippen molar-refractivity contribution in [3.63, 3.8) is 0 Å². The second-order valence-corrected chi connectivity index (χ2v) is 6.65. The third-order valence-corrected chi connectivity index (χ3v) is 4.76. The van der Waals surface area contributed by atoms with E-state index < -0.39 is 10.0 Å². The van der Waals surface area contributed by atoms with Crippen LogP contribution in [0.2, 0.25) is 5.02 Å². The molecule has 0 amide bonds. The van der Waals surface area contributed by atoms with Crippen LogP contribution in [0.25, 0.3) is 0 Å². The summed E-state index contributed by atoms with van der Waals surface area (Å²) in [4.78, 5) is 0.251. The minimum Gasteiger partial charge on any atom is -0.380 e. The highest BCUT2D eigenvalue weighted by Gasteiger charge is 2.16. The van der Waals surface area contributed by atoms with Crippen molar-refractivity contribution in [1.82, 2.24) is 4.72 Å². The third-order valence-electron chi connectivity index (χ3n) is 2.91. The molecule has 0 saturated heterocycles. The van der Waals surface area contributed by atoms with E-state index >= 15 is 0 Å². The maximum Gasteiger partial charge on any atom is 0.242 e. The van der Waals surface area contributed by atoms with Gasteiger partial charge in [-0.3, -0.25) is 0 Å². The van der Waals surface area contributed by atoms with Crippen molar-refractivity contribution in [3.05, 3.63) is 59.1 Å². The zero-order chi connectivity index (χ0) is 15.3. The maximum absolute atomic E-state index is 12.1. The minimum atomic E-state index is -3.49. The van der Waals surface area contributed by atoms with Crippen LogP contribution < -0.4 is 10.0 Å². The predicted octanol–water partition coefficient (Wildman–Crippen LogP) is 3.25. The first-order valence-electron chi connectivity index (χ1n) is 6.60. The summed E-state index contributed by atoms with van der Waals surface area (Å²) in [7, 11) is -3.49. The summed E-state index contributed by atoms with van der Waals surface area (Å²) in [5.74, 6) is 0. The largest absolute Gasteiger partial charge is 0.380 e. The fourth-order valence-electron chi connectivity index (χ4n) is 1.91. The molecule has 6 heteroatoms. The summed E-state index contributed by atoms with van der Waals surface area (Å²) in [6, 6.07) is 14.3. The highest BCUT2D eigenvalue weighted by atomic mass is 35.5. The molecule has 0 saturated carbocycles. The normalized spacial score (nSPS) is 11.3. The fraction of sp³-hybridized carbons (Fsp3) is 0.200. The van der Waals surface area contributed by atoms with Gasteiger partial charge in [-0.15, -0.1) is 0 Å². The Morgan fingerprint density at radius 3 is 2.38 bits per heavy atom. The van der Waals surface area contributed by atoms with Crippen LogP contribution in [0.15, 0.2) is 53.4 Å².